The van der Waals surface area contributed by atoms with E-state index in [1.807, 2.05) is 6.07 Å². The van der Waals surface area contributed by atoms with Crippen LogP contribution in [-0.2, 0) is 4.74 Å². The number of aliphatic hydroxyl groups is 1. The number of piperidine rings is 1. The summed E-state index contributed by atoms with van der Waals surface area (Å²) in [4.78, 5) is 13.3. The van der Waals surface area contributed by atoms with Gasteiger partial charge in [-0.05, 0) is 32.7 Å². The van der Waals surface area contributed by atoms with Crippen molar-refractivity contribution in [2.75, 3.05) is 56.7 Å². The summed E-state index contributed by atoms with van der Waals surface area (Å²) in [5, 5.41) is 12.9. The number of anilines is 2. The molecule has 0 saturated carbocycles. The van der Waals surface area contributed by atoms with Crippen LogP contribution in [0.3, 0.4) is 0 Å². The number of aromatic nitrogens is 2. The van der Waals surface area contributed by atoms with Crippen molar-refractivity contribution in [3.8, 4) is 0 Å². The van der Waals surface area contributed by atoms with E-state index in [9.17, 15) is 5.11 Å². The van der Waals surface area contributed by atoms with Gasteiger partial charge in [-0.25, -0.2) is 9.97 Å². The molecular formula is C17H29N5O2. The lowest BCUT2D eigenvalue weighted by Crippen LogP contribution is -2.47. The minimum absolute atomic E-state index is 0.163. The lowest BCUT2D eigenvalue weighted by atomic mass is 9.99. The fourth-order valence-corrected chi connectivity index (χ4v) is 3.46. The van der Waals surface area contributed by atoms with Crippen molar-refractivity contribution in [2.24, 2.45) is 5.92 Å². The van der Waals surface area contributed by atoms with Crippen LogP contribution < -0.4 is 10.2 Å². The largest absolute Gasteiger partial charge is 0.396 e. The van der Waals surface area contributed by atoms with Crippen molar-refractivity contribution < 1.29 is 9.84 Å². The fourth-order valence-electron chi connectivity index (χ4n) is 3.46. The van der Waals surface area contributed by atoms with E-state index in [0.717, 1.165) is 57.3 Å². The lowest BCUT2D eigenvalue weighted by Gasteiger charge is -2.34. The van der Waals surface area contributed by atoms with Gasteiger partial charge in [-0.3, -0.25) is 0 Å². The number of nitrogens with zero attached hydrogens (tertiary/aromatic N) is 4. The van der Waals surface area contributed by atoms with Gasteiger partial charge in [0.25, 0.3) is 0 Å². The number of aliphatic hydroxyl groups excluding tert-OH is 1. The fraction of sp³-hybridized carbons (Fsp3) is 0.765. The highest BCUT2D eigenvalue weighted by Crippen LogP contribution is 2.23. The molecule has 2 N–H and O–H groups in total. The molecule has 2 aliphatic rings. The van der Waals surface area contributed by atoms with E-state index >= 15 is 0 Å². The van der Waals surface area contributed by atoms with Gasteiger partial charge in [0.2, 0.25) is 0 Å². The van der Waals surface area contributed by atoms with Crippen molar-refractivity contribution in [2.45, 2.75) is 31.9 Å². The molecule has 0 spiro atoms. The molecule has 24 heavy (non-hydrogen) atoms. The van der Waals surface area contributed by atoms with Crippen molar-refractivity contribution in [3.05, 3.63) is 12.4 Å². The number of hydrogen-bond donors (Lipinski definition) is 2. The first kappa shape index (κ1) is 17.4. The maximum absolute atomic E-state index is 9.41. The predicted octanol–water partition coefficient (Wildman–Crippen LogP) is 0.816. The van der Waals surface area contributed by atoms with Gasteiger partial charge >= 0.3 is 0 Å². The standard InChI is InChI=1S/C17H29N5O2/c1-13(15-10-21(2)6-7-24-15)20-16-8-17(19-12-18-16)22-5-3-4-14(9-22)11-23/h8,12-15,23H,3-7,9-11H2,1-2H3,(H,18,19,20). The molecular weight excluding hydrogens is 306 g/mol. The first-order chi connectivity index (χ1) is 11.7. The Kier molecular flexibility index (Phi) is 5.86. The predicted molar refractivity (Wildman–Crippen MR) is 94.4 cm³/mol. The summed E-state index contributed by atoms with van der Waals surface area (Å²) < 4.78 is 5.87. The van der Waals surface area contributed by atoms with Crippen LogP contribution in [0.15, 0.2) is 12.4 Å². The Bertz CT molecular complexity index is 529. The second-order valence-electron chi connectivity index (χ2n) is 7.00. The maximum atomic E-state index is 9.41. The third kappa shape index (κ3) is 4.34. The summed E-state index contributed by atoms with van der Waals surface area (Å²) in [6, 6.07) is 2.19. The Labute approximate surface area is 144 Å². The van der Waals surface area contributed by atoms with Crippen LogP contribution >= 0.6 is 0 Å². The number of rotatable bonds is 5. The van der Waals surface area contributed by atoms with Crippen molar-refractivity contribution >= 4 is 11.6 Å². The van der Waals surface area contributed by atoms with E-state index < -0.39 is 0 Å². The molecule has 0 amide bonds. The summed E-state index contributed by atoms with van der Waals surface area (Å²) in [6.45, 7) is 6.92. The average molecular weight is 335 g/mol. The molecule has 0 bridgehead atoms. The third-order valence-corrected chi connectivity index (χ3v) is 4.98. The maximum Gasteiger partial charge on any atom is 0.134 e. The van der Waals surface area contributed by atoms with Gasteiger partial charge in [-0.15, -0.1) is 0 Å². The highest BCUT2D eigenvalue weighted by Gasteiger charge is 2.24. The number of morpholine rings is 1. The first-order valence-corrected chi connectivity index (χ1v) is 8.90. The SMILES string of the molecule is CC(Nc1cc(N2CCCC(CO)C2)ncn1)C1CN(C)CCO1. The molecule has 3 unspecified atom stereocenters. The molecule has 7 nitrogen and oxygen atoms in total. The Hall–Kier alpha value is -1.44. The van der Waals surface area contributed by atoms with E-state index in [1.165, 1.54) is 0 Å². The molecule has 3 rings (SSSR count). The zero-order chi connectivity index (χ0) is 16.9. The highest BCUT2D eigenvalue weighted by atomic mass is 16.5. The quantitative estimate of drug-likeness (QED) is 0.825. The monoisotopic (exact) mass is 335 g/mol. The normalized spacial score (nSPS) is 27.0. The summed E-state index contributed by atoms with van der Waals surface area (Å²) in [7, 11) is 2.12. The Morgan fingerprint density at radius 3 is 3.04 bits per heavy atom. The van der Waals surface area contributed by atoms with Gasteiger partial charge in [0.05, 0.1) is 18.8 Å². The van der Waals surface area contributed by atoms with Gasteiger partial charge in [-0.1, -0.05) is 0 Å². The van der Waals surface area contributed by atoms with Gasteiger partial charge in [-0.2, -0.15) is 0 Å². The van der Waals surface area contributed by atoms with Gasteiger partial charge in [0, 0.05) is 38.9 Å². The van der Waals surface area contributed by atoms with Gasteiger partial charge in [0.15, 0.2) is 0 Å². The van der Waals surface area contributed by atoms with Crippen LogP contribution in [0.25, 0.3) is 0 Å². The summed E-state index contributed by atoms with van der Waals surface area (Å²) >= 11 is 0. The number of nitrogens with one attached hydrogen (secondary N) is 1. The third-order valence-electron chi connectivity index (χ3n) is 4.98. The van der Waals surface area contributed by atoms with Crippen molar-refractivity contribution in [1.82, 2.24) is 14.9 Å². The smallest absolute Gasteiger partial charge is 0.134 e. The van der Waals surface area contributed by atoms with Crippen LogP contribution in [0.1, 0.15) is 19.8 Å². The van der Waals surface area contributed by atoms with Crippen molar-refractivity contribution in [3.63, 3.8) is 0 Å². The molecule has 134 valence electrons. The molecule has 2 aliphatic heterocycles. The summed E-state index contributed by atoms with van der Waals surface area (Å²) in [6.07, 6.45) is 3.96. The second kappa shape index (κ2) is 8.09. The van der Waals surface area contributed by atoms with E-state index in [2.05, 4.69) is 39.1 Å². The Balaban J connectivity index is 1.62. The van der Waals surface area contributed by atoms with Crippen LogP contribution in [0.2, 0.25) is 0 Å². The van der Waals surface area contributed by atoms with Crippen LogP contribution in [0, 0.1) is 5.92 Å². The summed E-state index contributed by atoms with van der Waals surface area (Å²) in [5.41, 5.74) is 0. The highest BCUT2D eigenvalue weighted by molar-refractivity contribution is 5.49. The summed E-state index contributed by atoms with van der Waals surface area (Å²) in [5.74, 6) is 2.10. The minimum Gasteiger partial charge on any atom is -0.396 e. The molecule has 1 aromatic heterocycles. The molecule has 7 heteroatoms. The van der Waals surface area contributed by atoms with E-state index in [-0.39, 0.29) is 18.8 Å². The molecule has 3 heterocycles. The Morgan fingerprint density at radius 2 is 2.25 bits per heavy atom. The number of hydrogen-bond acceptors (Lipinski definition) is 7. The zero-order valence-corrected chi connectivity index (χ0v) is 14.7. The van der Waals surface area contributed by atoms with Crippen LogP contribution in [0.5, 0.6) is 0 Å². The second-order valence-corrected chi connectivity index (χ2v) is 7.00. The number of likely N-dealkylation sites (N-methyl/N-ethyl adjacent to an activating group) is 1. The lowest BCUT2D eigenvalue weighted by molar-refractivity contribution is -0.0259. The van der Waals surface area contributed by atoms with Crippen molar-refractivity contribution in [1.29, 1.82) is 0 Å². The molecule has 2 saturated heterocycles. The Morgan fingerprint density at radius 1 is 1.38 bits per heavy atom. The molecule has 1 aromatic rings. The zero-order valence-electron chi connectivity index (χ0n) is 14.7. The van der Waals surface area contributed by atoms with E-state index in [0.29, 0.717) is 5.92 Å². The average Bonchev–Trinajstić information content (AvgIpc) is 2.62. The topological polar surface area (TPSA) is 73.8 Å². The van der Waals surface area contributed by atoms with E-state index in [1.54, 1.807) is 6.33 Å². The molecule has 0 aromatic carbocycles. The number of ether oxygens (including phenoxy) is 1. The van der Waals surface area contributed by atoms with Crippen LogP contribution in [0.4, 0.5) is 11.6 Å². The molecule has 0 aliphatic carbocycles. The van der Waals surface area contributed by atoms with Gasteiger partial charge < -0.3 is 25.0 Å². The van der Waals surface area contributed by atoms with E-state index in [4.69, 9.17) is 4.74 Å². The molecule has 0 radical (unpaired) electrons. The molecule has 3 atom stereocenters. The first-order valence-electron chi connectivity index (χ1n) is 8.90. The minimum atomic E-state index is 0.163. The van der Waals surface area contributed by atoms with Crippen LogP contribution in [-0.4, -0.2) is 78.6 Å². The molecule has 2 fully saturated rings. The van der Waals surface area contributed by atoms with Gasteiger partial charge in [0.1, 0.15) is 18.0 Å².